The fraction of sp³-hybridized carbons (Fsp3) is 0.533. The summed E-state index contributed by atoms with van der Waals surface area (Å²) in [7, 11) is 1.65. The molecule has 0 saturated carbocycles. The van der Waals surface area contributed by atoms with Crippen LogP contribution in [0.3, 0.4) is 0 Å². The number of methoxy groups -OCH3 is 1. The van der Waals surface area contributed by atoms with Crippen molar-refractivity contribution in [2.75, 3.05) is 26.8 Å². The summed E-state index contributed by atoms with van der Waals surface area (Å²) in [5, 5.41) is 6.26. The standard InChI is InChI=1S/C15H23F2N3O2.HI/c1-3-18-15(19-9-6-10-21-2)20-11-12-7-4-5-8-13(12)22-14(16)17;/h4-5,7-8,14H,3,6,9-11H2,1-2H3,(H2,18,19,20);1H. The summed E-state index contributed by atoms with van der Waals surface area (Å²) in [5.41, 5.74) is 0.608. The van der Waals surface area contributed by atoms with Crippen LogP contribution in [0.15, 0.2) is 29.3 Å². The molecule has 0 aliphatic heterocycles. The van der Waals surface area contributed by atoms with Crippen molar-refractivity contribution in [3.8, 4) is 5.75 Å². The first kappa shape index (κ1) is 21.8. The third-order valence-electron chi connectivity index (χ3n) is 2.76. The number of benzene rings is 1. The van der Waals surface area contributed by atoms with Gasteiger partial charge in [0.25, 0.3) is 0 Å². The summed E-state index contributed by atoms with van der Waals surface area (Å²) in [5.74, 6) is 0.780. The van der Waals surface area contributed by atoms with E-state index < -0.39 is 6.61 Å². The highest BCUT2D eigenvalue weighted by Crippen LogP contribution is 2.20. The normalized spacial score (nSPS) is 11.1. The molecule has 8 heteroatoms. The maximum Gasteiger partial charge on any atom is 0.387 e. The first-order valence-electron chi connectivity index (χ1n) is 7.21. The van der Waals surface area contributed by atoms with E-state index in [9.17, 15) is 8.78 Å². The number of halogens is 3. The Balaban J connectivity index is 0.00000484. The first-order chi connectivity index (χ1) is 10.7. The number of nitrogens with zero attached hydrogens (tertiary/aromatic N) is 1. The molecule has 0 unspecified atom stereocenters. The number of hydrogen-bond acceptors (Lipinski definition) is 3. The van der Waals surface area contributed by atoms with E-state index in [1.807, 2.05) is 6.92 Å². The van der Waals surface area contributed by atoms with Crippen LogP contribution in [0.4, 0.5) is 8.78 Å². The van der Waals surface area contributed by atoms with Gasteiger partial charge in [-0.3, -0.25) is 0 Å². The Bertz CT molecular complexity index is 462. The molecular formula is C15H24F2IN3O2. The van der Waals surface area contributed by atoms with Crippen molar-refractivity contribution in [2.24, 2.45) is 4.99 Å². The third-order valence-corrected chi connectivity index (χ3v) is 2.76. The number of hydrogen-bond donors (Lipinski definition) is 2. The van der Waals surface area contributed by atoms with Crippen molar-refractivity contribution in [3.63, 3.8) is 0 Å². The second-order valence-corrected chi connectivity index (χ2v) is 4.45. The van der Waals surface area contributed by atoms with Crippen LogP contribution in [0.2, 0.25) is 0 Å². The summed E-state index contributed by atoms with van der Waals surface area (Å²) >= 11 is 0. The Labute approximate surface area is 152 Å². The van der Waals surface area contributed by atoms with Crippen LogP contribution in [-0.4, -0.2) is 39.4 Å². The van der Waals surface area contributed by atoms with Gasteiger partial charge in [-0.1, -0.05) is 18.2 Å². The average Bonchev–Trinajstić information content (AvgIpc) is 2.49. The minimum absolute atomic E-state index is 0. The molecule has 1 rings (SSSR count). The molecule has 0 aromatic heterocycles. The Morgan fingerprint density at radius 1 is 1.26 bits per heavy atom. The second kappa shape index (κ2) is 13.3. The fourth-order valence-electron chi connectivity index (χ4n) is 1.77. The molecule has 0 saturated heterocycles. The molecule has 2 N–H and O–H groups in total. The van der Waals surface area contributed by atoms with Gasteiger partial charge in [-0.05, 0) is 19.4 Å². The van der Waals surface area contributed by atoms with Crippen LogP contribution in [0, 0.1) is 0 Å². The Morgan fingerprint density at radius 2 is 2.00 bits per heavy atom. The second-order valence-electron chi connectivity index (χ2n) is 4.45. The van der Waals surface area contributed by atoms with E-state index in [1.54, 1.807) is 25.3 Å². The molecule has 1 aromatic carbocycles. The van der Waals surface area contributed by atoms with Gasteiger partial charge in [0, 0.05) is 32.4 Å². The Hall–Kier alpha value is -1.16. The summed E-state index contributed by atoms with van der Waals surface area (Å²) in [6, 6.07) is 6.65. The van der Waals surface area contributed by atoms with E-state index >= 15 is 0 Å². The Kier molecular flexibility index (Phi) is 12.6. The van der Waals surface area contributed by atoms with Gasteiger partial charge < -0.3 is 20.1 Å². The van der Waals surface area contributed by atoms with Crippen molar-refractivity contribution in [1.82, 2.24) is 10.6 Å². The van der Waals surface area contributed by atoms with Gasteiger partial charge in [0.2, 0.25) is 0 Å². The Morgan fingerprint density at radius 3 is 2.65 bits per heavy atom. The number of ether oxygens (including phenoxy) is 2. The highest BCUT2D eigenvalue weighted by molar-refractivity contribution is 14.0. The van der Waals surface area contributed by atoms with E-state index in [2.05, 4.69) is 20.4 Å². The smallest absolute Gasteiger partial charge is 0.387 e. The van der Waals surface area contributed by atoms with Gasteiger partial charge in [0.1, 0.15) is 5.75 Å². The van der Waals surface area contributed by atoms with Crippen molar-refractivity contribution >= 4 is 29.9 Å². The van der Waals surface area contributed by atoms with E-state index in [-0.39, 0.29) is 36.3 Å². The molecule has 0 fully saturated rings. The van der Waals surface area contributed by atoms with E-state index in [0.29, 0.717) is 24.7 Å². The predicted molar refractivity (Wildman–Crippen MR) is 97.8 cm³/mol. The van der Waals surface area contributed by atoms with Crippen LogP contribution >= 0.6 is 24.0 Å². The average molecular weight is 443 g/mol. The summed E-state index contributed by atoms with van der Waals surface area (Å²) in [6.07, 6.45) is 0.853. The van der Waals surface area contributed by atoms with Crippen LogP contribution in [0.1, 0.15) is 18.9 Å². The summed E-state index contributed by atoms with van der Waals surface area (Å²) in [6.45, 7) is 1.46. The summed E-state index contributed by atoms with van der Waals surface area (Å²) in [4.78, 5) is 4.38. The zero-order valence-electron chi connectivity index (χ0n) is 13.4. The lowest BCUT2D eigenvalue weighted by Gasteiger charge is -2.12. The zero-order valence-corrected chi connectivity index (χ0v) is 15.7. The number of aliphatic imine (C=N–C) groups is 1. The molecule has 23 heavy (non-hydrogen) atoms. The highest BCUT2D eigenvalue weighted by atomic mass is 127. The van der Waals surface area contributed by atoms with Gasteiger partial charge in [-0.2, -0.15) is 8.78 Å². The molecule has 0 radical (unpaired) electrons. The number of alkyl halides is 2. The third kappa shape index (κ3) is 9.54. The van der Waals surface area contributed by atoms with Crippen molar-refractivity contribution < 1.29 is 18.3 Å². The SMILES string of the molecule is CCNC(=NCc1ccccc1OC(F)F)NCCCOC.I. The van der Waals surface area contributed by atoms with Gasteiger partial charge in [0.15, 0.2) is 5.96 Å². The van der Waals surface area contributed by atoms with Gasteiger partial charge >= 0.3 is 6.61 Å². The minimum atomic E-state index is -2.84. The molecule has 0 spiro atoms. The molecule has 5 nitrogen and oxygen atoms in total. The van der Waals surface area contributed by atoms with Gasteiger partial charge in [0.05, 0.1) is 6.54 Å². The minimum Gasteiger partial charge on any atom is -0.434 e. The molecule has 0 atom stereocenters. The first-order valence-corrected chi connectivity index (χ1v) is 7.21. The maximum atomic E-state index is 12.4. The monoisotopic (exact) mass is 443 g/mol. The van der Waals surface area contributed by atoms with E-state index in [0.717, 1.165) is 13.0 Å². The lowest BCUT2D eigenvalue weighted by atomic mass is 10.2. The zero-order chi connectivity index (χ0) is 16.2. The van der Waals surface area contributed by atoms with Crippen LogP contribution < -0.4 is 15.4 Å². The lowest BCUT2D eigenvalue weighted by molar-refractivity contribution is -0.0504. The molecule has 0 amide bonds. The molecule has 0 heterocycles. The largest absolute Gasteiger partial charge is 0.434 e. The molecular weight excluding hydrogens is 419 g/mol. The van der Waals surface area contributed by atoms with E-state index in [4.69, 9.17) is 4.74 Å². The number of para-hydroxylation sites is 1. The topological polar surface area (TPSA) is 54.9 Å². The number of rotatable bonds is 9. The van der Waals surface area contributed by atoms with Crippen molar-refractivity contribution in [1.29, 1.82) is 0 Å². The number of guanidine groups is 1. The molecule has 132 valence electrons. The van der Waals surface area contributed by atoms with Crippen LogP contribution in [-0.2, 0) is 11.3 Å². The van der Waals surface area contributed by atoms with Gasteiger partial charge in [-0.25, -0.2) is 4.99 Å². The summed E-state index contributed by atoms with van der Waals surface area (Å²) < 4.78 is 34.2. The molecule has 0 bridgehead atoms. The van der Waals surface area contributed by atoms with E-state index in [1.165, 1.54) is 6.07 Å². The lowest BCUT2D eigenvalue weighted by Crippen LogP contribution is -2.38. The van der Waals surface area contributed by atoms with Crippen LogP contribution in [0.5, 0.6) is 5.75 Å². The quantitative estimate of drug-likeness (QED) is 0.267. The van der Waals surface area contributed by atoms with Crippen molar-refractivity contribution in [3.05, 3.63) is 29.8 Å². The van der Waals surface area contributed by atoms with Gasteiger partial charge in [-0.15, -0.1) is 24.0 Å². The molecule has 1 aromatic rings. The predicted octanol–water partition coefficient (Wildman–Crippen LogP) is 3.00. The molecule has 0 aliphatic rings. The highest BCUT2D eigenvalue weighted by Gasteiger charge is 2.08. The number of nitrogens with one attached hydrogen (secondary N) is 2. The van der Waals surface area contributed by atoms with Crippen LogP contribution in [0.25, 0.3) is 0 Å². The molecule has 0 aliphatic carbocycles. The fourth-order valence-corrected chi connectivity index (χ4v) is 1.77. The van der Waals surface area contributed by atoms with Crippen molar-refractivity contribution in [2.45, 2.75) is 26.5 Å². The maximum absolute atomic E-state index is 12.4.